The van der Waals surface area contributed by atoms with Crippen LogP contribution in [0.15, 0.2) is 47.6 Å². The number of hydrogen-bond acceptors (Lipinski definition) is 2. The van der Waals surface area contributed by atoms with Gasteiger partial charge in [-0.15, -0.1) is 0 Å². The van der Waals surface area contributed by atoms with Crippen molar-refractivity contribution in [2.75, 3.05) is 6.61 Å². The van der Waals surface area contributed by atoms with E-state index in [1.165, 1.54) is 16.7 Å². The minimum Gasteiger partial charge on any atom is -0.362 e. The lowest BCUT2D eigenvalue weighted by molar-refractivity contribution is -0.191. The molecule has 0 heterocycles. The van der Waals surface area contributed by atoms with Crippen molar-refractivity contribution in [3.05, 3.63) is 58.7 Å². The maximum absolute atomic E-state index is 10.6. The Hall–Kier alpha value is -1.38. The normalized spacial score (nSPS) is 14.6. The second-order valence-electron chi connectivity index (χ2n) is 7.46. The van der Waals surface area contributed by atoms with Crippen LogP contribution in [0.3, 0.4) is 0 Å². The van der Waals surface area contributed by atoms with Gasteiger partial charge in [0, 0.05) is 5.56 Å². The number of rotatable bonds is 9. The van der Waals surface area contributed by atoms with Crippen LogP contribution in [-0.4, -0.2) is 11.7 Å². The molecule has 2 nitrogen and oxygen atoms in total. The fourth-order valence-corrected chi connectivity index (χ4v) is 2.54. The predicted molar refractivity (Wildman–Crippen MR) is 103 cm³/mol. The summed E-state index contributed by atoms with van der Waals surface area (Å²) in [7, 11) is 0. The molecule has 0 aliphatic rings. The smallest absolute Gasteiger partial charge is 0.189 e. The molecular formula is C22H34O2. The quantitative estimate of drug-likeness (QED) is 0.461. The predicted octanol–water partition coefficient (Wildman–Crippen LogP) is 5.76. The molecule has 0 aliphatic carbocycles. The molecule has 0 amide bonds. The monoisotopic (exact) mass is 330 g/mol. The van der Waals surface area contributed by atoms with E-state index in [1.54, 1.807) is 6.92 Å². The Morgan fingerprint density at radius 3 is 2.29 bits per heavy atom. The topological polar surface area (TPSA) is 29.5 Å². The first-order valence-corrected chi connectivity index (χ1v) is 8.95. The van der Waals surface area contributed by atoms with Crippen LogP contribution in [0.25, 0.3) is 0 Å². The third-order valence-corrected chi connectivity index (χ3v) is 4.02. The minimum absolute atomic E-state index is 0.418. The van der Waals surface area contributed by atoms with Gasteiger partial charge >= 0.3 is 0 Å². The summed E-state index contributed by atoms with van der Waals surface area (Å²) in [5, 5.41) is 10.6. The highest BCUT2D eigenvalue weighted by Gasteiger charge is 2.23. The molecule has 1 unspecified atom stereocenters. The van der Waals surface area contributed by atoms with Crippen LogP contribution in [0, 0.1) is 5.92 Å². The Balaban J connectivity index is 2.55. The first-order valence-electron chi connectivity index (χ1n) is 8.95. The molecule has 0 saturated heterocycles. The number of benzene rings is 1. The standard InChI is InChI=1S/C22H34O2/c1-17(2)8-7-9-19(5)14-15-24-22(6,23)21-12-10-20(11-13-21)16-18(3)4/h8,10-14,18,23H,7,9,15-16H2,1-6H3/b19-14+. The molecular weight excluding hydrogens is 296 g/mol. The molecule has 0 fully saturated rings. The van der Waals surface area contributed by atoms with Crippen molar-refractivity contribution in [1.29, 1.82) is 0 Å². The molecule has 1 aromatic carbocycles. The van der Waals surface area contributed by atoms with Crippen LogP contribution in [0.2, 0.25) is 0 Å². The van der Waals surface area contributed by atoms with Crippen LogP contribution < -0.4 is 0 Å². The summed E-state index contributed by atoms with van der Waals surface area (Å²) in [6.07, 6.45) is 7.43. The summed E-state index contributed by atoms with van der Waals surface area (Å²) in [4.78, 5) is 0. The van der Waals surface area contributed by atoms with Crippen LogP contribution in [0.5, 0.6) is 0 Å². The lowest BCUT2D eigenvalue weighted by Crippen LogP contribution is -2.25. The van der Waals surface area contributed by atoms with Gasteiger partial charge in [0.2, 0.25) is 0 Å². The highest BCUT2D eigenvalue weighted by Crippen LogP contribution is 2.23. The molecule has 1 N–H and O–H groups in total. The average molecular weight is 331 g/mol. The lowest BCUT2D eigenvalue weighted by atomic mass is 9.99. The van der Waals surface area contributed by atoms with Crippen LogP contribution in [-0.2, 0) is 16.9 Å². The Labute approximate surface area is 148 Å². The third-order valence-electron chi connectivity index (χ3n) is 4.02. The Morgan fingerprint density at radius 2 is 1.75 bits per heavy atom. The first kappa shape index (κ1) is 20.7. The summed E-state index contributed by atoms with van der Waals surface area (Å²) >= 11 is 0. The fraction of sp³-hybridized carbons (Fsp3) is 0.545. The zero-order chi connectivity index (χ0) is 18.2. The third kappa shape index (κ3) is 7.94. The average Bonchev–Trinajstić information content (AvgIpc) is 2.46. The van der Waals surface area contributed by atoms with Gasteiger partial charge in [0.25, 0.3) is 0 Å². The molecule has 134 valence electrons. The second kappa shape index (κ2) is 9.80. The Kier molecular flexibility index (Phi) is 8.44. The SMILES string of the molecule is CC(C)=CCC/C(C)=C/COC(C)(O)c1ccc(CC(C)C)cc1. The highest BCUT2D eigenvalue weighted by molar-refractivity contribution is 5.25. The minimum atomic E-state index is -1.26. The van der Waals surface area contributed by atoms with Gasteiger partial charge in [-0.1, -0.05) is 61.4 Å². The van der Waals surface area contributed by atoms with Crippen molar-refractivity contribution in [1.82, 2.24) is 0 Å². The van der Waals surface area contributed by atoms with E-state index >= 15 is 0 Å². The first-order chi connectivity index (χ1) is 11.2. The molecule has 2 heteroatoms. The van der Waals surface area contributed by atoms with E-state index in [9.17, 15) is 5.11 Å². The Bertz CT molecular complexity index is 544. The van der Waals surface area contributed by atoms with E-state index in [0.717, 1.165) is 24.8 Å². The van der Waals surface area contributed by atoms with E-state index < -0.39 is 5.79 Å². The maximum atomic E-state index is 10.6. The molecule has 0 aromatic heterocycles. The van der Waals surface area contributed by atoms with E-state index in [4.69, 9.17) is 4.74 Å². The second-order valence-corrected chi connectivity index (χ2v) is 7.46. The number of allylic oxidation sites excluding steroid dienone is 3. The van der Waals surface area contributed by atoms with E-state index in [2.05, 4.69) is 58.9 Å². The zero-order valence-corrected chi connectivity index (χ0v) is 16.2. The van der Waals surface area contributed by atoms with Crippen molar-refractivity contribution in [2.24, 2.45) is 5.92 Å². The molecule has 0 saturated carbocycles. The van der Waals surface area contributed by atoms with Gasteiger partial charge in [0.15, 0.2) is 5.79 Å². The van der Waals surface area contributed by atoms with E-state index in [-0.39, 0.29) is 0 Å². The maximum Gasteiger partial charge on any atom is 0.189 e. The molecule has 0 radical (unpaired) electrons. The fourth-order valence-electron chi connectivity index (χ4n) is 2.54. The van der Waals surface area contributed by atoms with Crippen molar-refractivity contribution in [3.8, 4) is 0 Å². The van der Waals surface area contributed by atoms with Crippen molar-refractivity contribution in [2.45, 2.75) is 66.6 Å². The van der Waals surface area contributed by atoms with Crippen LogP contribution >= 0.6 is 0 Å². The molecule has 24 heavy (non-hydrogen) atoms. The van der Waals surface area contributed by atoms with Gasteiger partial charge < -0.3 is 9.84 Å². The van der Waals surface area contributed by atoms with Crippen molar-refractivity contribution >= 4 is 0 Å². The molecule has 1 aromatic rings. The van der Waals surface area contributed by atoms with Crippen molar-refractivity contribution in [3.63, 3.8) is 0 Å². The zero-order valence-electron chi connectivity index (χ0n) is 16.2. The number of hydrogen-bond donors (Lipinski definition) is 1. The van der Waals surface area contributed by atoms with E-state index in [0.29, 0.717) is 12.5 Å². The number of aliphatic hydroxyl groups is 1. The molecule has 0 bridgehead atoms. The molecule has 1 atom stereocenters. The summed E-state index contributed by atoms with van der Waals surface area (Å²) in [6, 6.07) is 8.08. The highest BCUT2D eigenvalue weighted by atomic mass is 16.6. The molecule has 0 spiro atoms. The summed E-state index contributed by atoms with van der Waals surface area (Å²) in [5.41, 5.74) is 4.73. The lowest BCUT2D eigenvalue weighted by Gasteiger charge is -2.24. The van der Waals surface area contributed by atoms with E-state index in [1.807, 2.05) is 12.1 Å². The van der Waals surface area contributed by atoms with Gasteiger partial charge in [0.1, 0.15) is 0 Å². The van der Waals surface area contributed by atoms with Gasteiger partial charge in [-0.2, -0.15) is 0 Å². The summed E-state index contributed by atoms with van der Waals surface area (Å²) in [6.45, 7) is 12.9. The van der Waals surface area contributed by atoms with Gasteiger partial charge in [-0.05, 0) is 58.4 Å². The van der Waals surface area contributed by atoms with Gasteiger partial charge in [-0.25, -0.2) is 0 Å². The Morgan fingerprint density at radius 1 is 1.12 bits per heavy atom. The molecule has 1 rings (SSSR count). The van der Waals surface area contributed by atoms with Crippen LogP contribution in [0.1, 0.15) is 65.5 Å². The van der Waals surface area contributed by atoms with Crippen LogP contribution in [0.4, 0.5) is 0 Å². The van der Waals surface area contributed by atoms with Gasteiger partial charge in [0.05, 0.1) is 6.61 Å². The summed E-state index contributed by atoms with van der Waals surface area (Å²) < 4.78 is 5.70. The largest absolute Gasteiger partial charge is 0.362 e. The number of ether oxygens (including phenoxy) is 1. The summed E-state index contributed by atoms with van der Waals surface area (Å²) in [5.74, 6) is -0.625. The van der Waals surface area contributed by atoms with Crippen molar-refractivity contribution < 1.29 is 9.84 Å². The molecule has 0 aliphatic heterocycles. The van der Waals surface area contributed by atoms with Gasteiger partial charge in [-0.3, -0.25) is 0 Å².